The quantitative estimate of drug-likeness (QED) is 0.133. The van der Waals surface area contributed by atoms with Crippen molar-refractivity contribution in [2.75, 3.05) is 13.1 Å². The maximum absolute atomic E-state index is 13.1. The first-order valence-corrected chi connectivity index (χ1v) is 14.9. The zero-order chi connectivity index (χ0) is 29.6. The Morgan fingerprint density at radius 3 is 2.30 bits per heavy atom. The van der Waals surface area contributed by atoms with Crippen LogP contribution in [-0.2, 0) is 19.2 Å². The molecule has 0 saturated carbocycles. The van der Waals surface area contributed by atoms with E-state index in [1.807, 2.05) is 0 Å². The first-order valence-electron chi connectivity index (χ1n) is 14.9. The van der Waals surface area contributed by atoms with Gasteiger partial charge in [0.25, 0.3) is 0 Å². The molecule has 4 amide bonds. The Bertz CT molecular complexity index is 857. The highest BCUT2D eigenvalue weighted by atomic mass is 16.4. The molecule has 0 saturated heterocycles. The topological polar surface area (TPSA) is 154 Å². The van der Waals surface area contributed by atoms with Gasteiger partial charge in [-0.3, -0.25) is 19.2 Å². The van der Waals surface area contributed by atoms with Crippen LogP contribution in [0.2, 0.25) is 0 Å². The molecule has 226 valence electrons. The second kappa shape index (κ2) is 21.6. The second-order valence-corrected chi connectivity index (χ2v) is 10.6. The third kappa shape index (κ3) is 17.4. The molecule has 1 aliphatic rings. The Morgan fingerprint density at radius 1 is 1.00 bits per heavy atom. The van der Waals surface area contributed by atoms with Crippen LogP contribution in [0.4, 0.5) is 4.79 Å². The van der Waals surface area contributed by atoms with E-state index in [1.165, 1.54) is 51.0 Å². The Hall–Kier alpha value is -3.17. The van der Waals surface area contributed by atoms with E-state index in [2.05, 4.69) is 28.2 Å². The largest absolute Gasteiger partial charge is 0.481 e. The van der Waals surface area contributed by atoms with Gasteiger partial charge in [-0.25, -0.2) is 4.79 Å². The Balaban J connectivity index is 2.57. The monoisotopic (exact) mass is 562 g/mol. The van der Waals surface area contributed by atoms with Crippen molar-refractivity contribution < 1.29 is 29.1 Å². The molecule has 1 rings (SSSR count). The summed E-state index contributed by atoms with van der Waals surface area (Å²) in [6, 6.07) is -2.58. The summed E-state index contributed by atoms with van der Waals surface area (Å²) in [7, 11) is 0. The fraction of sp³-hybridized carbons (Fsp3) is 0.700. The molecule has 40 heavy (non-hydrogen) atoms. The fourth-order valence-corrected chi connectivity index (χ4v) is 4.38. The normalized spacial score (nSPS) is 20.2. The van der Waals surface area contributed by atoms with Gasteiger partial charge in [-0.05, 0) is 31.3 Å². The van der Waals surface area contributed by atoms with Crippen LogP contribution in [0.15, 0.2) is 24.3 Å². The van der Waals surface area contributed by atoms with E-state index in [0.717, 1.165) is 19.3 Å². The SMILES string of the molecule is CCCCCCCCCCCCNC(=O)NC(CCC(=O)O)C(=O)N[C@H]1/C=C/CCNC(=O)/C=C/[C@H](C)CC1=O. The molecule has 1 unspecified atom stereocenters. The highest BCUT2D eigenvalue weighted by molar-refractivity contribution is 5.94. The number of rotatable bonds is 17. The van der Waals surface area contributed by atoms with Crippen LogP contribution in [-0.4, -0.2) is 59.9 Å². The number of carbonyl (C=O) groups excluding carboxylic acids is 4. The van der Waals surface area contributed by atoms with Crippen LogP contribution in [0, 0.1) is 5.92 Å². The maximum atomic E-state index is 13.1. The molecule has 0 spiro atoms. The first-order chi connectivity index (χ1) is 19.2. The number of aliphatic carboxylic acids is 1. The molecule has 1 heterocycles. The average Bonchev–Trinajstić information content (AvgIpc) is 2.91. The summed E-state index contributed by atoms with van der Waals surface area (Å²) >= 11 is 0. The molecular formula is C30H50N4O6. The lowest BCUT2D eigenvalue weighted by Crippen LogP contribution is -2.53. The van der Waals surface area contributed by atoms with Crippen molar-refractivity contribution in [1.82, 2.24) is 21.3 Å². The van der Waals surface area contributed by atoms with Crippen molar-refractivity contribution in [3.63, 3.8) is 0 Å². The van der Waals surface area contributed by atoms with Crippen LogP contribution < -0.4 is 21.3 Å². The maximum Gasteiger partial charge on any atom is 0.315 e. The van der Waals surface area contributed by atoms with Crippen molar-refractivity contribution in [2.24, 2.45) is 5.92 Å². The summed E-state index contributed by atoms with van der Waals surface area (Å²) < 4.78 is 0. The number of hydrogen-bond donors (Lipinski definition) is 5. The summed E-state index contributed by atoms with van der Waals surface area (Å²) in [5.74, 6) is -2.40. The van der Waals surface area contributed by atoms with Crippen molar-refractivity contribution in [3.05, 3.63) is 24.3 Å². The molecule has 0 aromatic rings. The number of hydrogen-bond acceptors (Lipinski definition) is 5. The number of urea groups is 1. The van der Waals surface area contributed by atoms with Gasteiger partial charge in [0, 0.05) is 25.9 Å². The van der Waals surface area contributed by atoms with Crippen molar-refractivity contribution in [3.8, 4) is 0 Å². The number of ketones is 1. The highest BCUT2D eigenvalue weighted by Gasteiger charge is 2.26. The second-order valence-electron chi connectivity index (χ2n) is 10.6. The molecule has 0 aromatic carbocycles. The average molecular weight is 563 g/mol. The van der Waals surface area contributed by atoms with Crippen LogP contribution in [0.1, 0.15) is 104 Å². The Kier molecular flexibility index (Phi) is 18.8. The van der Waals surface area contributed by atoms with E-state index < -0.39 is 30.0 Å². The van der Waals surface area contributed by atoms with Crippen LogP contribution in [0.3, 0.4) is 0 Å². The lowest BCUT2D eigenvalue weighted by molar-refractivity contribution is -0.137. The number of Topliss-reactive ketones (excluding diaryl/α,β-unsaturated/α-hetero) is 1. The third-order valence-corrected chi connectivity index (χ3v) is 6.77. The molecule has 0 fully saturated rings. The van der Waals surface area contributed by atoms with Crippen LogP contribution in [0.25, 0.3) is 0 Å². The molecule has 0 aliphatic carbocycles. The third-order valence-electron chi connectivity index (χ3n) is 6.77. The number of amides is 4. The molecule has 0 radical (unpaired) electrons. The van der Waals surface area contributed by atoms with Gasteiger partial charge in [-0.2, -0.15) is 0 Å². The number of carboxylic acid groups (broad SMARTS) is 1. The number of carboxylic acids is 1. The summed E-state index contributed by atoms with van der Waals surface area (Å²) in [5, 5.41) is 19.8. The van der Waals surface area contributed by atoms with Gasteiger partial charge in [0.2, 0.25) is 11.8 Å². The fourth-order valence-electron chi connectivity index (χ4n) is 4.38. The summed E-state index contributed by atoms with van der Waals surface area (Å²) in [4.78, 5) is 61.3. The lowest BCUT2D eigenvalue weighted by atomic mass is 9.98. The minimum absolute atomic E-state index is 0.103. The molecule has 10 nitrogen and oxygen atoms in total. The van der Waals surface area contributed by atoms with E-state index in [0.29, 0.717) is 19.5 Å². The molecule has 1 aliphatic heterocycles. The summed E-state index contributed by atoms with van der Waals surface area (Å²) in [6.45, 7) is 4.85. The number of allylic oxidation sites excluding steroid dienone is 1. The zero-order valence-corrected chi connectivity index (χ0v) is 24.3. The smallest absolute Gasteiger partial charge is 0.315 e. The minimum Gasteiger partial charge on any atom is -0.481 e. The lowest BCUT2D eigenvalue weighted by Gasteiger charge is -2.22. The number of unbranched alkanes of at least 4 members (excludes halogenated alkanes) is 9. The van der Waals surface area contributed by atoms with Crippen LogP contribution in [0.5, 0.6) is 0 Å². The van der Waals surface area contributed by atoms with Gasteiger partial charge in [0.15, 0.2) is 5.78 Å². The molecule has 0 aromatic heterocycles. The van der Waals surface area contributed by atoms with E-state index in [9.17, 15) is 24.0 Å². The van der Waals surface area contributed by atoms with E-state index in [1.54, 1.807) is 25.2 Å². The molecule has 5 N–H and O–H groups in total. The highest BCUT2D eigenvalue weighted by Crippen LogP contribution is 2.11. The summed E-state index contributed by atoms with van der Waals surface area (Å²) in [6.07, 6.45) is 18.3. The standard InChI is InChI=1S/C30H50N4O6/c1-3-4-5-6-7-8-9-10-11-13-21-32-30(40)34-25(17-19-28(37)38)29(39)33-24-15-12-14-20-31-27(36)18-16-23(2)22-26(24)35/h12,15-16,18,23-25H,3-11,13-14,17,19-22H2,1-2H3,(H,31,36)(H,33,39)(H,37,38)(H2,32,34,40)/b15-12+,18-16+/t23-,24-,25?/m0/s1. The van der Waals surface area contributed by atoms with E-state index in [-0.39, 0.29) is 36.9 Å². The molecular weight excluding hydrogens is 512 g/mol. The van der Waals surface area contributed by atoms with Gasteiger partial charge in [0.05, 0.1) is 0 Å². The van der Waals surface area contributed by atoms with Gasteiger partial charge in [-0.1, -0.05) is 89.9 Å². The number of carbonyl (C=O) groups is 5. The Morgan fingerprint density at radius 2 is 1.65 bits per heavy atom. The zero-order valence-electron chi connectivity index (χ0n) is 24.3. The van der Waals surface area contributed by atoms with Crippen LogP contribution >= 0.6 is 0 Å². The van der Waals surface area contributed by atoms with Crippen molar-refractivity contribution in [2.45, 2.75) is 116 Å². The number of nitrogens with one attached hydrogen (secondary N) is 4. The van der Waals surface area contributed by atoms with Gasteiger partial charge in [0.1, 0.15) is 12.1 Å². The van der Waals surface area contributed by atoms with E-state index in [4.69, 9.17) is 5.11 Å². The predicted molar refractivity (Wildman–Crippen MR) is 156 cm³/mol. The molecule has 3 atom stereocenters. The minimum atomic E-state index is -1.11. The molecule has 10 heteroatoms. The Labute approximate surface area is 239 Å². The van der Waals surface area contributed by atoms with Gasteiger partial charge >= 0.3 is 12.0 Å². The van der Waals surface area contributed by atoms with Gasteiger partial charge in [-0.15, -0.1) is 0 Å². The van der Waals surface area contributed by atoms with Crippen molar-refractivity contribution in [1.29, 1.82) is 0 Å². The van der Waals surface area contributed by atoms with Crippen molar-refractivity contribution >= 4 is 29.6 Å². The first kappa shape index (κ1) is 34.9. The predicted octanol–water partition coefficient (Wildman–Crippen LogP) is 4.15. The molecule has 0 bridgehead atoms. The van der Waals surface area contributed by atoms with E-state index >= 15 is 0 Å². The summed E-state index contributed by atoms with van der Waals surface area (Å²) in [5.41, 5.74) is 0. The van der Waals surface area contributed by atoms with Gasteiger partial charge < -0.3 is 26.4 Å².